The summed E-state index contributed by atoms with van der Waals surface area (Å²) in [6.07, 6.45) is 6.99. The average molecular weight is 284 g/mol. The van der Waals surface area contributed by atoms with Crippen LogP contribution in [0.2, 0.25) is 0 Å². The highest BCUT2D eigenvalue weighted by molar-refractivity contribution is 4.84. The van der Waals surface area contributed by atoms with E-state index in [1.807, 2.05) is 0 Å². The van der Waals surface area contributed by atoms with Crippen molar-refractivity contribution in [2.24, 2.45) is 5.92 Å². The summed E-state index contributed by atoms with van der Waals surface area (Å²) in [5.74, 6) is 0.847. The van der Waals surface area contributed by atoms with E-state index >= 15 is 0 Å². The number of likely N-dealkylation sites (N-methyl/N-ethyl adjacent to an activating group) is 2. The summed E-state index contributed by atoms with van der Waals surface area (Å²) in [5, 5.41) is 3.69. The van der Waals surface area contributed by atoms with Crippen molar-refractivity contribution < 1.29 is 4.74 Å². The quantitative estimate of drug-likeness (QED) is 0.666. The first-order valence-electron chi connectivity index (χ1n) is 8.82. The molecule has 1 saturated heterocycles. The van der Waals surface area contributed by atoms with E-state index in [1.165, 1.54) is 32.1 Å². The maximum absolute atomic E-state index is 6.07. The predicted octanol–water partition coefficient (Wildman–Crippen LogP) is 3.29. The number of rotatable bonds is 10. The van der Waals surface area contributed by atoms with Crippen LogP contribution in [0.3, 0.4) is 0 Å². The van der Waals surface area contributed by atoms with Crippen LogP contribution in [0.1, 0.15) is 59.8 Å². The highest BCUT2D eigenvalue weighted by Gasteiger charge is 2.28. The van der Waals surface area contributed by atoms with Gasteiger partial charge in [-0.15, -0.1) is 0 Å². The third kappa shape index (κ3) is 6.11. The van der Waals surface area contributed by atoms with Crippen LogP contribution in [0.4, 0.5) is 0 Å². The van der Waals surface area contributed by atoms with Crippen LogP contribution >= 0.6 is 0 Å². The second-order valence-corrected chi connectivity index (χ2v) is 6.12. The molecule has 120 valence electrons. The topological polar surface area (TPSA) is 24.5 Å². The molecule has 0 aromatic carbocycles. The van der Waals surface area contributed by atoms with Crippen LogP contribution in [0.15, 0.2) is 0 Å². The zero-order chi connectivity index (χ0) is 14.8. The molecule has 0 bridgehead atoms. The van der Waals surface area contributed by atoms with Crippen LogP contribution in [-0.2, 0) is 4.74 Å². The summed E-state index contributed by atoms with van der Waals surface area (Å²) in [7, 11) is 0. The van der Waals surface area contributed by atoms with E-state index in [0.717, 1.165) is 38.7 Å². The van der Waals surface area contributed by atoms with Gasteiger partial charge in [0.15, 0.2) is 0 Å². The molecule has 0 saturated carbocycles. The van der Waals surface area contributed by atoms with Crippen molar-refractivity contribution in [2.45, 2.75) is 71.9 Å². The summed E-state index contributed by atoms with van der Waals surface area (Å²) >= 11 is 0. The lowest BCUT2D eigenvalue weighted by Crippen LogP contribution is -2.52. The fourth-order valence-corrected chi connectivity index (χ4v) is 3.23. The lowest BCUT2D eigenvalue weighted by atomic mass is 9.89. The molecular formula is C17H36N2O. The zero-order valence-electron chi connectivity index (χ0n) is 14.2. The fraction of sp³-hybridized carbons (Fsp3) is 1.00. The lowest BCUT2D eigenvalue weighted by molar-refractivity contribution is -0.0486. The molecule has 0 amide bonds. The van der Waals surface area contributed by atoms with Crippen molar-refractivity contribution in [3.63, 3.8) is 0 Å². The Morgan fingerprint density at radius 3 is 2.65 bits per heavy atom. The van der Waals surface area contributed by atoms with E-state index in [4.69, 9.17) is 4.74 Å². The van der Waals surface area contributed by atoms with Gasteiger partial charge in [0.05, 0.1) is 12.7 Å². The first-order chi connectivity index (χ1) is 9.74. The van der Waals surface area contributed by atoms with E-state index < -0.39 is 0 Å². The molecule has 0 aromatic rings. The monoisotopic (exact) mass is 284 g/mol. The van der Waals surface area contributed by atoms with Gasteiger partial charge in [-0.25, -0.2) is 0 Å². The highest BCUT2D eigenvalue weighted by atomic mass is 16.5. The van der Waals surface area contributed by atoms with Gasteiger partial charge in [-0.05, 0) is 25.4 Å². The molecule has 3 heteroatoms. The number of hydrogen-bond donors (Lipinski definition) is 1. The molecule has 0 radical (unpaired) electrons. The number of nitrogens with zero attached hydrogens (tertiary/aromatic N) is 1. The smallest absolute Gasteiger partial charge is 0.0855 e. The summed E-state index contributed by atoms with van der Waals surface area (Å²) in [6, 6.07) is 0.524. The largest absolute Gasteiger partial charge is 0.374 e. The van der Waals surface area contributed by atoms with Crippen molar-refractivity contribution in [3.8, 4) is 0 Å². The first-order valence-corrected chi connectivity index (χ1v) is 8.82. The number of nitrogens with one attached hydrogen (secondary N) is 1. The summed E-state index contributed by atoms with van der Waals surface area (Å²) in [5.41, 5.74) is 0. The molecule has 3 nitrogen and oxygen atoms in total. The minimum absolute atomic E-state index is 0.374. The third-order valence-electron chi connectivity index (χ3n) is 4.67. The Morgan fingerprint density at radius 1 is 1.25 bits per heavy atom. The van der Waals surface area contributed by atoms with Gasteiger partial charge in [0.25, 0.3) is 0 Å². The number of morpholine rings is 1. The Morgan fingerprint density at radius 2 is 2.05 bits per heavy atom. The fourth-order valence-electron chi connectivity index (χ4n) is 3.23. The van der Waals surface area contributed by atoms with Gasteiger partial charge in [-0.2, -0.15) is 0 Å². The van der Waals surface area contributed by atoms with Crippen LogP contribution < -0.4 is 5.32 Å². The number of unbranched alkanes of at least 4 members (excludes halogenated alkanes) is 1. The molecule has 1 fully saturated rings. The molecule has 20 heavy (non-hydrogen) atoms. The molecule has 0 aliphatic carbocycles. The molecule has 0 aromatic heterocycles. The second kappa shape index (κ2) is 10.6. The zero-order valence-corrected chi connectivity index (χ0v) is 14.2. The maximum Gasteiger partial charge on any atom is 0.0855 e. The molecule has 1 N–H and O–H groups in total. The normalized spacial score (nSPS) is 23.7. The van der Waals surface area contributed by atoms with Crippen molar-refractivity contribution in [2.75, 3.05) is 32.8 Å². The van der Waals surface area contributed by atoms with Gasteiger partial charge < -0.3 is 10.1 Å². The van der Waals surface area contributed by atoms with Crippen molar-refractivity contribution in [1.82, 2.24) is 10.2 Å². The van der Waals surface area contributed by atoms with Crippen LogP contribution in [0.25, 0.3) is 0 Å². The molecule has 0 spiro atoms. The van der Waals surface area contributed by atoms with Crippen molar-refractivity contribution >= 4 is 0 Å². The van der Waals surface area contributed by atoms with Gasteiger partial charge in [0.2, 0.25) is 0 Å². The summed E-state index contributed by atoms with van der Waals surface area (Å²) in [4.78, 5) is 2.52. The predicted molar refractivity (Wildman–Crippen MR) is 87.2 cm³/mol. The molecule has 1 heterocycles. The van der Waals surface area contributed by atoms with Crippen LogP contribution in [0, 0.1) is 5.92 Å². The van der Waals surface area contributed by atoms with E-state index in [1.54, 1.807) is 0 Å². The van der Waals surface area contributed by atoms with Gasteiger partial charge in [-0.3, -0.25) is 4.90 Å². The van der Waals surface area contributed by atoms with Gasteiger partial charge >= 0.3 is 0 Å². The molecule has 3 unspecified atom stereocenters. The molecule has 1 aliphatic rings. The lowest BCUT2D eigenvalue weighted by Gasteiger charge is -2.38. The molecular weight excluding hydrogens is 248 g/mol. The van der Waals surface area contributed by atoms with Crippen molar-refractivity contribution in [1.29, 1.82) is 0 Å². The van der Waals surface area contributed by atoms with Crippen LogP contribution in [-0.4, -0.2) is 49.8 Å². The van der Waals surface area contributed by atoms with E-state index in [0.29, 0.717) is 12.1 Å². The second-order valence-electron chi connectivity index (χ2n) is 6.12. The molecule has 1 aliphatic heterocycles. The standard InChI is InChI=1S/C17H36N2O/c1-5-9-10-15(6-2)13-16(18-7-3)17-14-19(8-4)11-12-20-17/h15-18H,5-14H2,1-4H3. The van der Waals surface area contributed by atoms with E-state index in [2.05, 4.69) is 37.9 Å². The van der Waals surface area contributed by atoms with Gasteiger partial charge in [0.1, 0.15) is 0 Å². The third-order valence-corrected chi connectivity index (χ3v) is 4.67. The molecule has 1 rings (SSSR count). The van der Waals surface area contributed by atoms with E-state index in [9.17, 15) is 0 Å². The highest BCUT2D eigenvalue weighted by Crippen LogP contribution is 2.22. The van der Waals surface area contributed by atoms with Crippen LogP contribution in [0.5, 0.6) is 0 Å². The Balaban J connectivity index is 2.52. The first kappa shape index (κ1) is 17.9. The van der Waals surface area contributed by atoms with Gasteiger partial charge in [-0.1, -0.05) is 53.4 Å². The Labute approximate surface area is 126 Å². The Bertz CT molecular complexity index is 235. The summed E-state index contributed by atoms with van der Waals surface area (Å²) in [6.45, 7) is 14.4. The number of hydrogen-bond acceptors (Lipinski definition) is 3. The average Bonchev–Trinajstić information content (AvgIpc) is 2.50. The number of ether oxygens (including phenoxy) is 1. The summed E-state index contributed by atoms with van der Waals surface area (Å²) < 4.78 is 6.07. The minimum Gasteiger partial charge on any atom is -0.374 e. The van der Waals surface area contributed by atoms with Crippen molar-refractivity contribution in [3.05, 3.63) is 0 Å². The SMILES string of the molecule is CCCCC(CC)CC(NCC)C1CN(CC)CCO1. The Kier molecular flexibility index (Phi) is 9.49. The minimum atomic E-state index is 0.374. The molecule has 3 atom stereocenters. The maximum atomic E-state index is 6.07. The van der Waals surface area contributed by atoms with E-state index in [-0.39, 0.29) is 0 Å². The Hall–Kier alpha value is -0.120. The van der Waals surface area contributed by atoms with Gasteiger partial charge in [0, 0.05) is 19.1 Å².